The van der Waals surface area contributed by atoms with Crippen molar-refractivity contribution in [2.75, 3.05) is 26.2 Å². The van der Waals surface area contributed by atoms with E-state index in [1.165, 1.54) is 32.1 Å². The van der Waals surface area contributed by atoms with Gasteiger partial charge < -0.3 is 15.5 Å². The summed E-state index contributed by atoms with van der Waals surface area (Å²) in [6, 6.07) is 0.332. The molecule has 0 aromatic heterocycles. The Morgan fingerprint density at radius 3 is 2.43 bits per heavy atom. The Bertz CT molecular complexity index is 374. The van der Waals surface area contributed by atoms with Crippen molar-refractivity contribution in [3.63, 3.8) is 0 Å². The highest BCUT2D eigenvalue weighted by molar-refractivity contribution is 5.85. The van der Waals surface area contributed by atoms with Crippen molar-refractivity contribution in [1.29, 1.82) is 0 Å². The van der Waals surface area contributed by atoms with Crippen LogP contribution in [0.5, 0.6) is 0 Å². The van der Waals surface area contributed by atoms with Crippen molar-refractivity contribution in [3.05, 3.63) is 0 Å². The molecule has 2 aliphatic rings. The topological polar surface area (TPSA) is 61.4 Å². The molecule has 1 saturated heterocycles. The summed E-state index contributed by atoms with van der Waals surface area (Å²) in [5.41, 5.74) is 0. The predicted molar refractivity (Wildman–Crippen MR) is 92.1 cm³/mol. The van der Waals surface area contributed by atoms with E-state index >= 15 is 0 Å². The second kappa shape index (κ2) is 9.91. The lowest BCUT2D eigenvalue weighted by molar-refractivity contribution is -0.135. The fourth-order valence-corrected chi connectivity index (χ4v) is 3.87. The van der Waals surface area contributed by atoms with Gasteiger partial charge in [-0.25, -0.2) is 0 Å². The first-order chi connectivity index (χ1) is 11.2. The largest absolute Gasteiger partial charge is 0.347 e. The summed E-state index contributed by atoms with van der Waals surface area (Å²) in [6.45, 7) is 5.01. The molecule has 23 heavy (non-hydrogen) atoms. The predicted octanol–water partition coefficient (Wildman–Crippen LogP) is 2.06. The summed E-state index contributed by atoms with van der Waals surface area (Å²) in [6.07, 6.45) is 9.72. The van der Waals surface area contributed by atoms with Crippen LogP contribution in [0.1, 0.15) is 64.7 Å². The molecule has 5 heteroatoms. The number of carbonyl (C=O) groups excluding carboxylic acids is 2. The van der Waals surface area contributed by atoms with Crippen molar-refractivity contribution < 1.29 is 9.59 Å². The van der Waals surface area contributed by atoms with Crippen molar-refractivity contribution in [2.24, 2.45) is 5.92 Å². The molecule has 5 nitrogen and oxygen atoms in total. The Hall–Kier alpha value is -1.10. The SMILES string of the molecule is CCCN(C(=O)CNC(=O)CC1CCCCC1)C1CCNCC1. The first kappa shape index (κ1) is 18.2. The number of hydrogen-bond donors (Lipinski definition) is 2. The number of hydrogen-bond acceptors (Lipinski definition) is 3. The van der Waals surface area contributed by atoms with Crippen molar-refractivity contribution in [3.8, 4) is 0 Å². The molecule has 0 aromatic rings. The molecule has 0 bridgehead atoms. The molecule has 132 valence electrons. The van der Waals surface area contributed by atoms with Gasteiger partial charge in [0.25, 0.3) is 0 Å². The highest BCUT2D eigenvalue weighted by Crippen LogP contribution is 2.26. The van der Waals surface area contributed by atoms with E-state index in [0.717, 1.165) is 38.9 Å². The summed E-state index contributed by atoms with van der Waals surface area (Å²) in [5.74, 6) is 0.651. The van der Waals surface area contributed by atoms with E-state index in [9.17, 15) is 9.59 Å². The number of nitrogens with one attached hydrogen (secondary N) is 2. The molecule has 1 aliphatic carbocycles. The van der Waals surface area contributed by atoms with Gasteiger partial charge in [0, 0.05) is 19.0 Å². The maximum absolute atomic E-state index is 12.5. The Morgan fingerprint density at radius 1 is 1.09 bits per heavy atom. The molecule has 0 spiro atoms. The van der Waals surface area contributed by atoms with E-state index in [2.05, 4.69) is 17.6 Å². The van der Waals surface area contributed by atoms with E-state index in [4.69, 9.17) is 0 Å². The average Bonchev–Trinajstić information content (AvgIpc) is 2.59. The van der Waals surface area contributed by atoms with Crippen LogP contribution in [0, 0.1) is 5.92 Å². The molecule has 0 atom stereocenters. The summed E-state index contributed by atoms with van der Waals surface area (Å²) in [7, 11) is 0. The molecule has 0 aromatic carbocycles. The number of amides is 2. The van der Waals surface area contributed by atoms with Crippen LogP contribution in [0.3, 0.4) is 0 Å². The van der Waals surface area contributed by atoms with Gasteiger partial charge in [0.2, 0.25) is 11.8 Å². The molecule has 2 N–H and O–H groups in total. The fourth-order valence-electron chi connectivity index (χ4n) is 3.87. The van der Waals surface area contributed by atoms with Gasteiger partial charge in [-0.2, -0.15) is 0 Å². The standard InChI is InChI=1S/C18H33N3O2/c1-2-12-21(16-8-10-19-11-9-16)18(23)14-20-17(22)13-15-6-4-3-5-7-15/h15-16,19H,2-14H2,1H3,(H,20,22). The van der Waals surface area contributed by atoms with E-state index < -0.39 is 0 Å². The zero-order valence-electron chi connectivity index (χ0n) is 14.6. The minimum absolute atomic E-state index is 0.0482. The smallest absolute Gasteiger partial charge is 0.242 e. The van der Waals surface area contributed by atoms with E-state index in [0.29, 0.717) is 18.4 Å². The molecular weight excluding hydrogens is 290 g/mol. The number of carbonyl (C=O) groups is 2. The Labute approximate surface area is 140 Å². The van der Waals surface area contributed by atoms with E-state index in [1.54, 1.807) is 0 Å². The van der Waals surface area contributed by atoms with Gasteiger partial charge in [-0.05, 0) is 51.1 Å². The summed E-state index contributed by atoms with van der Waals surface area (Å²) in [5, 5.41) is 6.20. The molecule has 1 saturated carbocycles. The van der Waals surface area contributed by atoms with Crippen molar-refractivity contribution in [1.82, 2.24) is 15.5 Å². The van der Waals surface area contributed by atoms with Gasteiger partial charge in [-0.1, -0.05) is 26.2 Å². The fraction of sp³-hybridized carbons (Fsp3) is 0.889. The number of rotatable bonds is 7. The number of nitrogens with zero attached hydrogens (tertiary/aromatic N) is 1. The normalized spacial score (nSPS) is 20.2. The summed E-state index contributed by atoms with van der Waals surface area (Å²) >= 11 is 0. The van der Waals surface area contributed by atoms with Crippen LogP contribution >= 0.6 is 0 Å². The van der Waals surface area contributed by atoms with Crippen LogP contribution in [0.25, 0.3) is 0 Å². The second-order valence-corrected chi connectivity index (χ2v) is 7.05. The van der Waals surface area contributed by atoms with Gasteiger partial charge in [-0.3, -0.25) is 9.59 Å². The lowest BCUT2D eigenvalue weighted by atomic mass is 9.87. The highest BCUT2D eigenvalue weighted by atomic mass is 16.2. The third-order valence-corrected chi connectivity index (χ3v) is 5.17. The third-order valence-electron chi connectivity index (χ3n) is 5.17. The monoisotopic (exact) mass is 323 g/mol. The summed E-state index contributed by atoms with van der Waals surface area (Å²) in [4.78, 5) is 26.6. The minimum atomic E-state index is 0.0482. The van der Waals surface area contributed by atoms with Crippen molar-refractivity contribution in [2.45, 2.75) is 70.8 Å². The minimum Gasteiger partial charge on any atom is -0.347 e. The molecule has 0 unspecified atom stereocenters. The first-order valence-electron chi connectivity index (χ1n) is 9.47. The van der Waals surface area contributed by atoms with Gasteiger partial charge in [0.1, 0.15) is 0 Å². The van der Waals surface area contributed by atoms with Crippen LogP contribution in [0.15, 0.2) is 0 Å². The lowest BCUT2D eigenvalue weighted by Gasteiger charge is -2.34. The molecule has 1 aliphatic heterocycles. The van der Waals surface area contributed by atoms with Crippen LogP contribution < -0.4 is 10.6 Å². The first-order valence-corrected chi connectivity index (χ1v) is 9.47. The summed E-state index contributed by atoms with van der Waals surface area (Å²) < 4.78 is 0. The molecule has 2 rings (SSSR count). The molecule has 2 fully saturated rings. The van der Waals surface area contributed by atoms with Crippen LogP contribution in [-0.4, -0.2) is 48.9 Å². The van der Waals surface area contributed by atoms with Gasteiger partial charge in [0.15, 0.2) is 0 Å². The Morgan fingerprint density at radius 2 is 1.78 bits per heavy atom. The van der Waals surface area contributed by atoms with Gasteiger partial charge >= 0.3 is 0 Å². The second-order valence-electron chi connectivity index (χ2n) is 7.05. The van der Waals surface area contributed by atoms with Gasteiger partial charge in [-0.15, -0.1) is 0 Å². The third kappa shape index (κ3) is 6.13. The molecule has 1 heterocycles. The molecule has 0 radical (unpaired) electrons. The van der Waals surface area contributed by atoms with E-state index in [1.807, 2.05) is 4.90 Å². The maximum atomic E-state index is 12.5. The van der Waals surface area contributed by atoms with E-state index in [-0.39, 0.29) is 18.4 Å². The average molecular weight is 323 g/mol. The quantitative estimate of drug-likeness (QED) is 0.754. The van der Waals surface area contributed by atoms with Crippen molar-refractivity contribution >= 4 is 11.8 Å². The zero-order valence-corrected chi connectivity index (χ0v) is 14.6. The van der Waals surface area contributed by atoms with Crippen LogP contribution in [0.2, 0.25) is 0 Å². The number of piperidine rings is 1. The Kier molecular flexibility index (Phi) is 7.86. The molecule has 2 amide bonds. The Balaban J connectivity index is 1.74. The zero-order chi connectivity index (χ0) is 16.5. The van der Waals surface area contributed by atoms with Crippen LogP contribution in [-0.2, 0) is 9.59 Å². The maximum Gasteiger partial charge on any atom is 0.242 e. The van der Waals surface area contributed by atoms with Crippen LogP contribution in [0.4, 0.5) is 0 Å². The highest BCUT2D eigenvalue weighted by Gasteiger charge is 2.25. The lowest BCUT2D eigenvalue weighted by Crippen LogP contribution is -2.49. The van der Waals surface area contributed by atoms with Gasteiger partial charge in [0.05, 0.1) is 6.54 Å². The molecular formula is C18H33N3O2.